The molecule has 0 atom stereocenters. The number of hydrogen-bond acceptors (Lipinski definition) is 5. The van der Waals surface area contributed by atoms with Crippen molar-refractivity contribution in [1.29, 1.82) is 0 Å². The van der Waals surface area contributed by atoms with Crippen LogP contribution in [-0.2, 0) is 0 Å². The molecule has 150 valence electrons. The van der Waals surface area contributed by atoms with Crippen molar-refractivity contribution in [2.75, 3.05) is 10.6 Å². The highest BCUT2D eigenvalue weighted by Crippen LogP contribution is 2.21. The number of carbonyl (C=O) groups is 1. The van der Waals surface area contributed by atoms with Crippen molar-refractivity contribution >= 4 is 23.2 Å². The molecule has 0 unspecified atom stereocenters. The predicted molar refractivity (Wildman–Crippen MR) is 116 cm³/mol. The summed E-state index contributed by atoms with van der Waals surface area (Å²) in [5, 5.41) is 6.07. The summed E-state index contributed by atoms with van der Waals surface area (Å²) in [6, 6.07) is 15.0. The molecule has 2 aromatic carbocycles. The molecule has 3 aromatic rings. The standard InChI is InChI=1S/C23H26N4O2/c1-14(2)29-19-9-7-18(8-10-19)25-22(28)21-13-17(5)24-23(27-21)26-20-11-6-15(3)12-16(20)4/h6-14H,1-5H3,(H,25,28)(H,24,26,27). The first-order valence-corrected chi connectivity index (χ1v) is 9.58. The van der Waals surface area contributed by atoms with E-state index in [0.29, 0.717) is 23.0 Å². The van der Waals surface area contributed by atoms with Crippen LogP contribution in [0.1, 0.15) is 41.2 Å². The van der Waals surface area contributed by atoms with E-state index in [2.05, 4.69) is 26.7 Å². The topological polar surface area (TPSA) is 76.1 Å². The second-order valence-corrected chi connectivity index (χ2v) is 7.31. The first-order chi connectivity index (χ1) is 13.8. The highest BCUT2D eigenvalue weighted by molar-refractivity contribution is 6.03. The van der Waals surface area contributed by atoms with Crippen molar-refractivity contribution in [2.45, 2.75) is 40.7 Å². The van der Waals surface area contributed by atoms with Crippen molar-refractivity contribution in [3.63, 3.8) is 0 Å². The van der Waals surface area contributed by atoms with E-state index in [0.717, 1.165) is 17.0 Å². The molecular weight excluding hydrogens is 364 g/mol. The third kappa shape index (κ3) is 5.54. The number of hydrogen-bond donors (Lipinski definition) is 2. The fourth-order valence-corrected chi connectivity index (χ4v) is 2.90. The molecule has 0 bridgehead atoms. The smallest absolute Gasteiger partial charge is 0.274 e. The number of carbonyl (C=O) groups excluding carboxylic acids is 1. The van der Waals surface area contributed by atoms with E-state index in [-0.39, 0.29) is 12.0 Å². The number of rotatable bonds is 6. The molecule has 6 heteroatoms. The zero-order valence-electron chi connectivity index (χ0n) is 17.4. The van der Waals surface area contributed by atoms with Crippen LogP contribution in [0.3, 0.4) is 0 Å². The molecule has 2 N–H and O–H groups in total. The number of aryl methyl sites for hydroxylation is 3. The van der Waals surface area contributed by atoms with E-state index in [1.165, 1.54) is 5.56 Å². The van der Waals surface area contributed by atoms with Gasteiger partial charge in [0.25, 0.3) is 5.91 Å². The van der Waals surface area contributed by atoms with Crippen LogP contribution < -0.4 is 15.4 Å². The molecule has 29 heavy (non-hydrogen) atoms. The Hall–Kier alpha value is -3.41. The molecule has 6 nitrogen and oxygen atoms in total. The average Bonchev–Trinajstić information content (AvgIpc) is 2.65. The van der Waals surface area contributed by atoms with Crippen LogP contribution in [0.15, 0.2) is 48.5 Å². The van der Waals surface area contributed by atoms with Crippen molar-refractivity contribution in [1.82, 2.24) is 9.97 Å². The normalized spacial score (nSPS) is 10.7. The zero-order valence-corrected chi connectivity index (χ0v) is 17.4. The summed E-state index contributed by atoms with van der Waals surface area (Å²) >= 11 is 0. The Morgan fingerprint density at radius 1 is 0.966 bits per heavy atom. The fraction of sp³-hybridized carbons (Fsp3) is 0.261. The Morgan fingerprint density at radius 3 is 2.34 bits per heavy atom. The summed E-state index contributed by atoms with van der Waals surface area (Å²) in [7, 11) is 0. The lowest BCUT2D eigenvalue weighted by atomic mass is 10.1. The minimum Gasteiger partial charge on any atom is -0.491 e. The van der Waals surface area contributed by atoms with Gasteiger partial charge in [-0.1, -0.05) is 17.7 Å². The number of ether oxygens (including phenoxy) is 1. The molecule has 3 rings (SSSR count). The molecule has 0 aliphatic carbocycles. The molecular formula is C23H26N4O2. The van der Waals surface area contributed by atoms with E-state index in [1.807, 2.05) is 58.9 Å². The van der Waals surface area contributed by atoms with E-state index >= 15 is 0 Å². The maximum absolute atomic E-state index is 12.7. The Labute approximate surface area is 171 Å². The highest BCUT2D eigenvalue weighted by atomic mass is 16.5. The van der Waals surface area contributed by atoms with E-state index < -0.39 is 0 Å². The minimum absolute atomic E-state index is 0.0996. The molecule has 0 aliphatic rings. The molecule has 1 heterocycles. The fourth-order valence-electron chi connectivity index (χ4n) is 2.90. The first kappa shape index (κ1) is 20.3. The minimum atomic E-state index is -0.295. The summed E-state index contributed by atoms with van der Waals surface area (Å²) in [6.45, 7) is 9.84. The van der Waals surface area contributed by atoms with E-state index in [1.54, 1.807) is 18.2 Å². The first-order valence-electron chi connectivity index (χ1n) is 9.58. The maximum Gasteiger partial charge on any atom is 0.274 e. The molecule has 0 saturated carbocycles. The Balaban J connectivity index is 1.75. The third-order valence-corrected chi connectivity index (χ3v) is 4.20. The maximum atomic E-state index is 12.7. The number of nitrogens with one attached hydrogen (secondary N) is 2. The van der Waals surface area contributed by atoms with Gasteiger partial charge < -0.3 is 15.4 Å². The summed E-state index contributed by atoms with van der Waals surface area (Å²) in [6.07, 6.45) is 0.0996. The second kappa shape index (κ2) is 8.73. The molecule has 0 aliphatic heterocycles. The van der Waals surface area contributed by atoms with Gasteiger partial charge in [-0.2, -0.15) is 0 Å². The van der Waals surface area contributed by atoms with Crippen LogP contribution in [0.5, 0.6) is 5.75 Å². The van der Waals surface area contributed by atoms with Crippen molar-refractivity contribution < 1.29 is 9.53 Å². The predicted octanol–water partition coefficient (Wildman–Crippen LogP) is 5.18. The molecule has 0 saturated heterocycles. The molecule has 1 aromatic heterocycles. The summed E-state index contributed by atoms with van der Waals surface area (Å²) < 4.78 is 5.62. The lowest BCUT2D eigenvalue weighted by Gasteiger charge is -2.12. The molecule has 1 amide bonds. The molecule has 0 radical (unpaired) electrons. The number of amides is 1. The second-order valence-electron chi connectivity index (χ2n) is 7.31. The lowest BCUT2D eigenvalue weighted by Crippen LogP contribution is -2.15. The Kier molecular flexibility index (Phi) is 6.12. The lowest BCUT2D eigenvalue weighted by molar-refractivity contribution is 0.102. The van der Waals surface area contributed by atoms with Gasteiger partial charge in [0.05, 0.1) is 6.10 Å². The van der Waals surface area contributed by atoms with Crippen LogP contribution >= 0.6 is 0 Å². The monoisotopic (exact) mass is 390 g/mol. The zero-order chi connectivity index (χ0) is 21.0. The Morgan fingerprint density at radius 2 is 1.69 bits per heavy atom. The number of nitrogens with zero attached hydrogens (tertiary/aromatic N) is 2. The average molecular weight is 390 g/mol. The van der Waals surface area contributed by atoms with Crippen LogP contribution in [0.2, 0.25) is 0 Å². The van der Waals surface area contributed by atoms with Crippen LogP contribution in [0.25, 0.3) is 0 Å². The van der Waals surface area contributed by atoms with Gasteiger partial charge in [-0.15, -0.1) is 0 Å². The third-order valence-electron chi connectivity index (χ3n) is 4.20. The molecule has 0 fully saturated rings. The largest absolute Gasteiger partial charge is 0.491 e. The number of benzene rings is 2. The van der Waals surface area contributed by atoms with Gasteiger partial charge >= 0.3 is 0 Å². The highest BCUT2D eigenvalue weighted by Gasteiger charge is 2.12. The SMILES string of the molecule is Cc1ccc(Nc2nc(C)cc(C(=O)Nc3ccc(OC(C)C)cc3)n2)c(C)c1. The van der Waals surface area contributed by atoms with Gasteiger partial charge in [-0.05, 0) is 76.6 Å². The number of aromatic nitrogens is 2. The van der Waals surface area contributed by atoms with Gasteiger partial charge in [0.2, 0.25) is 5.95 Å². The van der Waals surface area contributed by atoms with E-state index in [9.17, 15) is 4.79 Å². The quantitative estimate of drug-likeness (QED) is 0.606. The van der Waals surface area contributed by atoms with Crippen molar-refractivity contribution in [3.8, 4) is 5.75 Å². The number of anilines is 3. The van der Waals surface area contributed by atoms with E-state index in [4.69, 9.17) is 4.74 Å². The molecule has 0 spiro atoms. The van der Waals surface area contributed by atoms with Crippen molar-refractivity contribution in [3.05, 3.63) is 71.0 Å². The van der Waals surface area contributed by atoms with Gasteiger partial charge in [0.1, 0.15) is 11.4 Å². The van der Waals surface area contributed by atoms with Crippen LogP contribution in [0, 0.1) is 20.8 Å². The van der Waals surface area contributed by atoms with Gasteiger partial charge in [-0.3, -0.25) is 4.79 Å². The van der Waals surface area contributed by atoms with Gasteiger partial charge in [0, 0.05) is 17.1 Å². The summed E-state index contributed by atoms with van der Waals surface area (Å²) in [5.74, 6) is 0.857. The van der Waals surface area contributed by atoms with Crippen LogP contribution in [-0.4, -0.2) is 22.0 Å². The summed E-state index contributed by atoms with van der Waals surface area (Å²) in [5.41, 5.74) is 4.86. The van der Waals surface area contributed by atoms with Crippen LogP contribution in [0.4, 0.5) is 17.3 Å². The van der Waals surface area contributed by atoms with Gasteiger partial charge in [0.15, 0.2) is 0 Å². The summed E-state index contributed by atoms with van der Waals surface area (Å²) in [4.78, 5) is 21.5. The van der Waals surface area contributed by atoms with Crippen molar-refractivity contribution in [2.24, 2.45) is 0 Å². The Bertz CT molecular complexity index is 1010. The van der Waals surface area contributed by atoms with Gasteiger partial charge in [-0.25, -0.2) is 9.97 Å².